The van der Waals surface area contributed by atoms with E-state index in [9.17, 15) is 14.0 Å². The van der Waals surface area contributed by atoms with Crippen LogP contribution in [0.4, 0.5) is 4.39 Å². The number of halogens is 1. The predicted octanol–water partition coefficient (Wildman–Crippen LogP) is 4.52. The number of hydrazone groups is 1. The van der Waals surface area contributed by atoms with Crippen LogP contribution < -0.4 is 5.43 Å². The van der Waals surface area contributed by atoms with Crippen LogP contribution in [0.25, 0.3) is 0 Å². The Morgan fingerprint density at radius 2 is 1.50 bits per heavy atom. The van der Waals surface area contributed by atoms with Crippen LogP contribution in [0.5, 0.6) is 0 Å². The third-order valence-electron chi connectivity index (χ3n) is 4.04. The quantitative estimate of drug-likeness (QED) is 0.280. The minimum Gasteiger partial charge on any atom is -0.294 e. The van der Waals surface area contributed by atoms with E-state index in [1.165, 1.54) is 24.3 Å². The van der Waals surface area contributed by atoms with Gasteiger partial charge in [0, 0.05) is 16.0 Å². The number of ketones is 1. The number of carbonyl (C=O) groups is 2. The predicted molar refractivity (Wildman–Crippen MR) is 109 cm³/mol. The average Bonchev–Trinajstić information content (AvgIpc) is 2.72. The summed E-state index contributed by atoms with van der Waals surface area (Å²) < 4.78 is 13.3. The van der Waals surface area contributed by atoms with E-state index in [0.29, 0.717) is 27.3 Å². The highest BCUT2D eigenvalue weighted by Gasteiger charge is 2.15. The van der Waals surface area contributed by atoms with Gasteiger partial charge in [-0.25, -0.2) is 9.82 Å². The van der Waals surface area contributed by atoms with E-state index < -0.39 is 11.7 Å². The molecule has 0 spiro atoms. The second kappa shape index (κ2) is 9.10. The molecule has 0 aliphatic heterocycles. The molecule has 0 unspecified atom stereocenters. The first-order valence-electron chi connectivity index (χ1n) is 8.53. The first-order chi connectivity index (χ1) is 13.5. The van der Waals surface area contributed by atoms with Crippen LogP contribution in [0.3, 0.4) is 0 Å². The van der Waals surface area contributed by atoms with E-state index >= 15 is 0 Å². The molecule has 1 amide bonds. The first kappa shape index (κ1) is 19.5. The van der Waals surface area contributed by atoms with Crippen molar-refractivity contribution >= 4 is 30.0 Å². The number of nitrogens with zero attached hydrogens (tertiary/aromatic N) is 1. The van der Waals surface area contributed by atoms with Gasteiger partial charge in [-0.15, -0.1) is 12.6 Å². The van der Waals surface area contributed by atoms with Crippen LogP contribution in [0.2, 0.25) is 0 Å². The Morgan fingerprint density at radius 1 is 0.857 bits per heavy atom. The van der Waals surface area contributed by atoms with E-state index in [-0.39, 0.29) is 12.2 Å². The van der Waals surface area contributed by atoms with Gasteiger partial charge in [-0.05, 0) is 35.9 Å². The summed E-state index contributed by atoms with van der Waals surface area (Å²) in [6, 6.07) is 21.1. The topological polar surface area (TPSA) is 58.5 Å². The van der Waals surface area contributed by atoms with E-state index in [4.69, 9.17) is 0 Å². The number of rotatable bonds is 6. The van der Waals surface area contributed by atoms with Crippen molar-refractivity contribution in [2.24, 2.45) is 5.10 Å². The molecule has 0 bridgehead atoms. The maximum atomic E-state index is 13.3. The number of nitrogens with one attached hydrogen (secondary N) is 1. The van der Waals surface area contributed by atoms with Crippen LogP contribution in [0.1, 0.15) is 32.7 Å². The number of carbonyl (C=O) groups excluding carboxylic acids is 2. The van der Waals surface area contributed by atoms with Gasteiger partial charge >= 0.3 is 0 Å². The average molecular weight is 392 g/mol. The third-order valence-corrected chi connectivity index (χ3v) is 4.43. The van der Waals surface area contributed by atoms with Crippen LogP contribution in [-0.4, -0.2) is 17.4 Å². The van der Waals surface area contributed by atoms with Crippen molar-refractivity contribution in [3.05, 3.63) is 101 Å². The smallest absolute Gasteiger partial charge is 0.271 e. The molecule has 0 heterocycles. The lowest BCUT2D eigenvalue weighted by Crippen LogP contribution is -2.21. The number of hydrogen-bond donors (Lipinski definition) is 2. The SMILES string of the molecule is O=C(N/N=C(\CC(=O)c1ccccc1S)c1ccc(F)cc1)c1ccccc1. The number of hydrogen-bond acceptors (Lipinski definition) is 4. The Labute approximate surface area is 167 Å². The van der Waals surface area contributed by atoms with Crippen LogP contribution >= 0.6 is 12.6 Å². The summed E-state index contributed by atoms with van der Waals surface area (Å²) in [5, 5.41) is 4.14. The summed E-state index contributed by atoms with van der Waals surface area (Å²) in [4.78, 5) is 25.5. The molecule has 1 N–H and O–H groups in total. The summed E-state index contributed by atoms with van der Waals surface area (Å²) in [5.74, 6) is -1.01. The lowest BCUT2D eigenvalue weighted by molar-refractivity contribution is 0.0950. The Morgan fingerprint density at radius 3 is 2.18 bits per heavy atom. The maximum Gasteiger partial charge on any atom is 0.271 e. The van der Waals surface area contributed by atoms with E-state index in [1.54, 1.807) is 54.6 Å². The van der Waals surface area contributed by atoms with Gasteiger partial charge in [0.05, 0.1) is 12.1 Å². The Balaban J connectivity index is 1.87. The summed E-state index contributed by atoms with van der Waals surface area (Å²) in [7, 11) is 0. The van der Waals surface area contributed by atoms with Crippen molar-refractivity contribution in [2.45, 2.75) is 11.3 Å². The Hall–Kier alpha value is -3.25. The highest BCUT2D eigenvalue weighted by molar-refractivity contribution is 7.80. The number of benzene rings is 3. The third kappa shape index (κ3) is 4.92. The van der Waals surface area contributed by atoms with Gasteiger partial charge in [0.25, 0.3) is 5.91 Å². The van der Waals surface area contributed by atoms with Crippen molar-refractivity contribution < 1.29 is 14.0 Å². The molecule has 0 saturated carbocycles. The van der Waals surface area contributed by atoms with Crippen molar-refractivity contribution in [3.8, 4) is 0 Å². The maximum absolute atomic E-state index is 13.3. The highest BCUT2D eigenvalue weighted by Crippen LogP contribution is 2.17. The summed E-state index contributed by atoms with van der Waals surface area (Å²) in [6.45, 7) is 0. The molecule has 0 aliphatic rings. The summed E-state index contributed by atoms with van der Waals surface area (Å²) >= 11 is 4.31. The Bertz CT molecular complexity index is 1020. The molecule has 4 nitrogen and oxygen atoms in total. The lowest BCUT2D eigenvalue weighted by atomic mass is 10.0. The molecule has 0 fully saturated rings. The molecule has 3 aromatic carbocycles. The molecule has 28 heavy (non-hydrogen) atoms. The van der Waals surface area contributed by atoms with Crippen molar-refractivity contribution in [1.29, 1.82) is 0 Å². The number of Topliss-reactive ketones (excluding diaryl/α,β-unsaturated/α-hetero) is 1. The molecular formula is C22H17FN2O2S. The monoisotopic (exact) mass is 392 g/mol. The molecule has 3 rings (SSSR count). The fourth-order valence-electron chi connectivity index (χ4n) is 2.58. The number of amides is 1. The fourth-order valence-corrected chi connectivity index (χ4v) is 2.86. The standard InChI is InChI=1S/C22H17FN2O2S/c23-17-12-10-15(11-13-17)19(14-20(26)18-8-4-5-9-21(18)28)24-25-22(27)16-6-2-1-3-7-16/h1-13,28H,14H2,(H,25,27)/b24-19+. The van der Waals surface area contributed by atoms with Crippen LogP contribution in [-0.2, 0) is 0 Å². The van der Waals surface area contributed by atoms with Gasteiger partial charge in [-0.1, -0.05) is 48.5 Å². The fraction of sp³-hybridized carbons (Fsp3) is 0.0455. The van der Waals surface area contributed by atoms with Crippen molar-refractivity contribution in [3.63, 3.8) is 0 Å². The van der Waals surface area contributed by atoms with E-state index in [2.05, 4.69) is 23.2 Å². The van der Waals surface area contributed by atoms with Crippen LogP contribution in [0.15, 0.2) is 88.9 Å². The molecule has 0 aromatic heterocycles. The second-order valence-corrected chi connectivity index (χ2v) is 6.47. The zero-order chi connectivity index (χ0) is 19.9. The highest BCUT2D eigenvalue weighted by atomic mass is 32.1. The van der Waals surface area contributed by atoms with E-state index in [0.717, 1.165) is 0 Å². The zero-order valence-electron chi connectivity index (χ0n) is 14.8. The van der Waals surface area contributed by atoms with Crippen molar-refractivity contribution in [2.75, 3.05) is 0 Å². The van der Waals surface area contributed by atoms with Gasteiger partial charge in [0.15, 0.2) is 5.78 Å². The largest absolute Gasteiger partial charge is 0.294 e. The van der Waals surface area contributed by atoms with E-state index in [1.807, 2.05) is 0 Å². The van der Waals surface area contributed by atoms with Crippen LogP contribution in [0, 0.1) is 5.82 Å². The van der Waals surface area contributed by atoms with Crippen molar-refractivity contribution in [1.82, 2.24) is 5.43 Å². The summed E-state index contributed by atoms with van der Waals surface area (Å²) in [6.07, 6.45) is -0.0712. The summed E-state index contributed by atoms with van der Waals surface area (Å²) in [5.41, 5.74) is 4.23. The van der Waals surface area contributed by atoms with Gasteiger partial charge in [0.1, 0.15) is 5.82 Å². The van der Waals surface area contributed by atoms with Gasteiger partial charge in [-0.2, -0.15) is 5.10 Å². The number of thiol groups is 1. The van der Waals surface area contributed by atoms with Gasteiger partial charge in [0.2, 0.25) is 0 Å². The molecule has 0 radical (unpaired) electrons. The molecule has 6 heteroatoms. The second-order valence-electron chi connectivity index (χ2n) is 5.99. The normalized spacial score (nSPS) is 11.1. The minimum atomic E-state index is -0.401. The van der Waals surface area contributed by atoms with Gasteiger partial charge in [-0.3, -0.25) is 9.59 Å². The molecule has 0 atom stereocenters. The minimum absolute atomic E-state index is 0.0712. The molecule has 0 saturated heterocycles. The molecular weight excluding hydrogens is 375 g/mol. The molecule has 140 valence electrons. The Kier molecular flexibility index (Phi) is 6.34. The lowest BCUT2D eigenvalue weighted by Gasteiger charge is -2.09. The molecule has 0 aliphatic carbocycles. The first-order valence-corrected chi connectivity index (χ1v) is 8.98. The van der Waals surface area contributed by atoms with Gasteiger partial charge < -0.3 is 0 Å². The zero-order valence-corrected chi connectivity index (χ0v) is 15.7. The molecule has 3 aromatic rings.